The number of nitrogens with one attached hydrogen (secondary N) is 1. The van der Waals surface area contributed by atoms with E-state index in [0.717, 1.165) is 57.8 Å². The number of benzene rings is 2. The van der Waals surface area contributed by atoms with Gasteiger partial charge in [-0.15, -0.1) is 0 Å². The van der Waals surface area contributed by atoms with Crippen LogP contribution in [0.1, 0.15) is 40.5 Å². The topological polar surface area (TPSA) is 48.5 Å². The molecule has 0 radical (unpaired) electrons. The Morgan fingerprint density at radius 1 is 0.879 bits per heavy atom. The van der Waals surface area contributed by atoms with Gasteiger partial charge in [-0.25, -0.2) is 4.98 Å². The van der Waals surface area contributed by atoms with Gasteiger partial charge in [-0.05, 0) is 48.4 Å². The van der Waals surface area contributed by atoms with Crippen molar-refractivity contribution in [3.8, 4) is 0 Å². The van der Waals surface area contributed by atoms with Crippen LogP contribution < -0.4 is 10.2 Å². The van der Waals surface area contributed by atoms with Gasteiger partial charge in [0.15, 0.2) is 0 Å². The lowest BCUT2D eigenvalue weighted by Gasteiger charge is -2.35. The summed E-state index contributed by atoms with van der Waals surface area (Å²) in [5.74, 6) is 1.60. The summed E-state index contributed by atoms with van der Waals surface area (Å²) in [4.78, 5) is 22.3. The van der Waals surface area contributed by atoms with Crippen LogP contribution in [0.4, 0.5) is 5.82 Å². The van der Waals surface area contributed by atoms with Crippen molar-refractivity contribution >= 4 is 11.7 Å². The molecule has 2 aliphatic heterocycles. The normalized spacial score (nSPS) is 19.5. The SMILES string of the molecule is O=C(c1cccc(N2CCN[C@H](c3ccccc3)C2)n1)N1CCC(Cc2ccccc2)CC1. The fraction of sp³-hybridized carbons (Fsp3) is 0.357. The fourth-order valence-corrected chi connectivity index (χ4v) is 5.03. The summed E-state index contributed by atoms with van der Waals surface area (Å²) in [6, 6.07) is 27.3. The third kappa shape index (κ3) is 5.25. The van der Waals surface area contributed by atoms with Gasteiger partial charge in [0.25, 0.3) is 5.91 Å². The standard InChI is InChI=1S/C28H32N4O/c33-28(31-17-14-23(15-18-31)20-22-8-3-1-4-9-22)25-12-7-13-27(30-25)32-19-16-29-26(21-32)24-10-5-2-6-11-24/h1-13,23,26,29H,14-21H2/t26-/m0/s1. The number of rotatable bonds is 5. The highest BCUT2D eigenvalue weighted by molar-refractivity contribution is 5.92. The number of carbonyl (C=O) groups excluding carboxylic acids is 1. The van der Waals surface area contributed by atoms with E-state index < -0.39 is 0 Å². The third-order valence-electron chi connectivity index (χ3n) is 6.92. The maximum atomic E-state index is 13.2. The Hall–Kier alpha value is -3.18. The van der Waals surface area contributed by atoms with E-state index in [-0.39, 0.29) is 11.9 Å². The highest BCUT2D eigenvalue weighted by atomic mass is 16.2. The summed E-state index contributed by atoms with van der Waals surface area (Å²) >= 11 is 0. The third-order valence-corrected chi connectivity index (χ3v) is 6.92. The summed E-state index contributed by atoms with van der Waals surface area (Å²) in [5, 5.41) is 3.60. The Morgan fingerprint density at radius 3 is 2.36 bits per heavy atom. The molecule has 2 saturated heterocycles. The summed E-state index contributed by atoms with van der Waals surface area (Å²) in [6.45, 7) is 4.25. The Balaban J connectivity index is 1.21. The van der Waals surface area contributed by atoms with Crippen LogP contribution in [-0.2, 0) is 6.42 Å². The number of pyridine rings is 1. The number of nitrogens with zero attached hydrogens (tertiary/aromatic N) is 3. The van der Waals surface area contributed by atoms with Crippen molar-refractivity contribution in [3.05, 3.63) is 95.7 Å². The van der Waals surface area contributed by atoms with Gasteiger partial charge in [0.05, 0.1) is 0 Å². The number of anilines is 1. The van der Waals surface area contributed by atoms with Crippen molar-refractivity contribution in [2.75, 3.05) is 37.6 Å². The molecule has 33 heavy (non-hydrogen) atoms. The monoisotopic (exact) mass is 440 g/mol. The lowest BCUT2D eigenvalue weighted by molar-refractivity contribution is 0.0684. The number of piperidine rings is 1. The first-order valence-corrected chi connectivity index (χ1v) is 12.1. The molecule has 3 heterocycles. The second-order valence-corrected chi connectivity index (χ2v) is 9.17. The Morgan fingerprint density at radius 2 is 1.61 bits per heavy atom. The predicted octanol–water partition coefficient (Wildman–Crippen LogP) is 4.33. The van der Waals surface area contributed by atoms with E-state index in [1.807, 2.05) is 29.2 Å². The highest BCUT2D eigenvalue weighted by Gasteiger charge is 2.26. The van der Waals surface area contributed by atoms with Crippen LogP contribution >= 0.6 is 0 Å². The van der Waals surface area contributed by atoms with Crippen molar-refractivity contribution in [3.63, 3.8) is 0 Å². The molecule has 1 amide bonds. The van der Waals surface area contributed by atoms with E-state index in [4.69, 9.17) is 4.98 Å². The first-order valence-electron chi connectivity index (χ1n) is 12.1. The van der Waals surface area contributed by atoms with E-state index in [9.17, 15) is 4.79 Å². The van der Waals surface area contributed by atoms with Crippen molar-refractivity contribution in [2.45, 2.75) is 25.3 Å². The van der Waals surface area contributed by atoms with Crippen LogP contribution in [0.15, 0.2) is 78.9 Å². The number of hydrogen-bond acceptors (Lipinski definition) is 4. The largest absolute Gasteiger partial charge is 0.353 e. The van der Waals surface area contributed by atoms with Crippen LogP contribution in [0.5, 0.6) is 0 Å². The van der Waals surface area contributed by atoms with Crippen LogP contribution in [0, 0.1) is 5.92 Å². The van der Waals surface area contributed by atoms with E-state index in [0.29, 0.717) is 11.6 Å². The van der Waals surface area contributed by atoms with Gasteiger partial charge >= 0.3 is 0 Å². The molecule has 0 spiro atoms. The second-order valence-electron chi connectivity index (χ2n) is 9.17. The van der Waals surface area contributed by atoms with E-state index >= 15 is 0 Å². The minimum Gasteiger partial charge on any atom is -0.353 e. The van der Waals surface area contributed by atoms with Gasteiger partial charge in [-0.1, -0.05) is 66.7 Å². The zero-order chi connectivity index (χ0) is 22.5. The van der Waals surface area contributed by atoms with E-state index in [1.165, 1.54) is 11.1 Å². The van der Waals surface area contributed by atoms with Gasteiger partial charge in [0.2, 0.25) is 0 Å². The van der Waals surface area contributed by atoms with Crippen molar-refractivity contribution in [1.82, 2.24) is 15.2 Å². The maximum Gasteiger partial charge on any atom is 0.272 e. The average Bonchev–Trinajstić information content (AvgIpc) is 2.90. The molecule has 2 fully saturated rings. The zero-order valence-electron chi connectivity index (χ0n) is 19.1. The van der Waals surface area contributed by atoms with Gasteiger partial charge in [-0.3, -0.25) is 4.79 Å². The molecule has 2 aliphatic rings. The zero-order valence-corrected chi connectivity index (χ0v) is 19.1. The van der Waals surface area contributed by atoms with E-state index in [2.05, 4.69) is 64.8 Å². The number of hydrogen-bond donors (Lipinski definition) is 1. The molecule has 0 bridgehead atoms. The number of carbonyl (C=O) groups is 1. The van der Waals surface area contributed by atoms with Gasteiger partial charge in [0, 0.05) is 38.8 Å². The van der Waals surface area contributed by atoms with Crippen LogP contribution in [0.3, 0.4) is 0 Å². The summed E-state index contributed by atoms with van der Waals surface area (Å²) in [5.41, 5.74) is 3.23. The van der Waals surface area contributed by atoms with Gasteiger partial charge < -0.3 is 15.1 Å². The molecule has 1 aromatic heterocycles. The molecule has 1 N–H and O–H groups in total. The molecule has 0 aliphatic carbocycles. The highest BCUT2D eigenvalue weighted by Crippen LogP contribution is 2.24. The number of piperazine rings is 1. The molecule has 170 valence electrons. The predicted molar refractivity (Wildman–Crippen MR) is 132 cm³/mol. The summed E-state index contributed by atoms with van der Waals surface area (Å²) < 4.78 is 0. The van der Waals surface area contributed by atoms with Crippen molar-refractivity contribution in [2.24, 2.45) is 5.92 Å². The lowest BCUT2D eigenvalue weighted by Crippen LogP contribution is -2.46. The molecule has 3 aromatic rings. The molecule has 1 atom stereocenters. The first kappa shape index (κ1) is 21.7. The minimum absolute atomic E-state index is 0.0600. The van der Waals surface area contributed by atoms with Crippen LogP contribution in [-0.4, -0.2) is 48.5 Å². The average molecular weight is 441 g/mol. The molecule has 0 unspecified atom stereocenters. The van der Waals surface area contributed by atoms with Gasteiger partial charge in [-0.2, -0.15) is 0 Å². The minimum atomic E-state index is 0.0600. The molecule has 2 aromatic carbocycles. The summed E-state index contributed by atoms with van der Waals surface area (Å²) in [6.07, 6.45) is 3.20. The quantitative estimate of drug-likeness (QED) is 0.642. The number of amides is 1. The Labute approximate surface area is 196 Å². The number of likely N-dealkylation sites (tertiary alicyclic amines) is 1. The number of aromatic nitrogens is 1. The second kappa shape index (κ2) is 10.2. The molecule has 0 saturated carbocycles. The lowest BCUT2D eigenvalue weighted by atomic mass is 9.90. The molecular weight excluding hydrogens is 408 g/mol. The Bertz CT molecular complexity index is 1050. The van der Waals surface area contributed by atoms with E-state index in [1.54, 1.807) is 0 Å². The Kier molecular flexibility index (Phi) is 6.68. The van der Waals surface area contributed by atoms with Crippen LogP contribution in [0.25, 0.3) is 0 Å². The molecule has 5 nitrogen and oxygen atoms in total. The smallest absolute Gasteiger partial charge is 0.272 e. The fourth-order valence-electron chi connectivity index (χ4n) is 5.03. The van der Waals surface area contributed by atoms with Crippen molar-refractivity contribution < 1.29 is 4.79 Å². The van der Waals surface area contributed by atoms with Crippen LogP contribution in [0.2, 0.25) is 0 Å². The first-order chi connectivity index (χ1) is 16.3. The molecule has 5 rings (SSSR count). The molecular formula is C28H32N4O. The van der Waals surface area contributed by atoms with Gasteiger partial charge in [0.1, 0.15) is 11.5 Å². The maximum absolute atomic E-state index is 13.2. The molecule has 5 heteroatoms. The summed E-state index contributed by atoms with van der Waals surface area (Å²) in [7, 11) is 0. The van der Waals surface area contributed by atoms with Crippen molar-refractivity contribution in [1.29, 1.82) is 0 Å².